The molecule has 2 aromatic carbocycles. The number of hydrogen-bond acceptors (Lipinski definition) is 6. The van der Waals surface area contributed by atoms with E-state index in [9.17, 15) is 4.79 Å². The number of carbonyl (C=O) groups is 1. The maximum atomic E-state index is 13.5. The first-order valence-corrected chi connectivity index (χ1v) is 14.0. The maximum absolute atomic E-state index is 13.5. The topological polar surface area (TPSA) is 60.1 Å². The molecule has 0 bridgehead atoms. The predicted molar refractivity (Wildman–Crippen MR) is 146 cm³/mol. The third-order valence-electron chi connectivity index (χ3n) is 10.2. The number of likely N-dealkylation sites (N-methyl/N-ethyl adjacent to an activating group) is 2. The molecule has 3 heterocycles. The van der Waals surface area contributed by atoms with E-state index in [4.69, 9.17) is 4.74 Å². The van der Waals surface area contributed by atoms with Gasteiger partial charge in [-0.2, -0.15) is 0 Å². The normalized spacial score (nSPS) is 35.1. The van der Waals surface area contributed by atoms with Crippen LogP contribution in [0.2, 0.25) is 0 Å². The molecule has 2 saturated heterocycles. The molecule has 2 N–H and O–H groups in total. The molecule has 5 aliphatic rings. The van der Waals surface area contributed by atoms with E-state index in [0.29, 0.717) is 29.8 Å². The Kier molecular flexibility index (Phi) is 5.54. The molecule has 5 unspecified atom stereocenters. The van der Waals surface area contributed by atoms with Crippen LogP contribution in [0.4, 0.5) is 11.4 Å². The lowest BCUT2D eigenvalue weighted by Gasteiger charge is -2.35. The van der Waals surface area contributed by atoms with Gasteiger partial charge in [0.1, 0.15) is 5.75 Å². The summed E-state index contributed by atoms with van der Waals surface area (Å²) in [6.45, 7) is 4.46. The van der Waals surface area contributed by atoms with E-state index in [0.717, 1.165) is 50.5 Å². The van der Waals surface area contributed by atoms with Gasteiger partial charge in [-0.05, 0) is 91.9 Å². The van der Waals surface area contributed by atoms with Gasteiger partial charge in [-0.1, -0.05) is 12.1 Å². The Hall–Kier alpha value is -2.61. The smallest absolute Gasteiger partial charge is 0.237 e. The van der Waals surface area contributed by atoms with Gasteiger partial charge in [0, 0.05) is 50.6 Å². The third-order valence-corrected chi connectivity index (χ3v) is 10.2. The minimum atomic E-state index is -0.333. The number of fused-ring (bicyclic) bond motifs is 3. The van der Waals surface area contributed by atoms with Crippen LogP contribution < -0.4 is 25.4 Å². The van der Waals surface area contributed by atoms with Crippen LogP contribution in [0.5, 0.6) is 5.75 Å². The van der Waals surface area contributed by atoms with E-state index >= 15 is 0 Å². The average Bonchev–Trinajstić information content (AvgIpc) is 3.50. The van der Waals surface area contributed by atoms with E-state index in [1.54, 1.807) is 7.11 Å². The zero-order chi connectivity index (χ0) is 25.3. The molecule has 4 fully saturated rings. The SMILES string of the molecule is COc1ccc2c(c1)[C@]1(CC1C1CCC3C(C1)NNC3c1ccc(N3CCN(C)CC3)cc1)C(=O)N2C. The first-order chi connectivity index (χ1) is 18.0. The Morgan fingerprint density at radius 1 is 0.973 bits per heavy atom. The van der Waals surface area contributed by atoms with Crippen molar-refractivity contribution in [1.29, 1.82) is 0 Å². The van der Waals surface area contributed by atoms with Crippen LogP contribution in [-0.4, -0.2) is 64.2 Å². The number of amides is 1. The fourth-order valence-corrected chi connectivity index (χ4v) is 7.98. The quantitative estimate of drug-likeness (QED) is 0.671. The molecule has 37 heavy (non-hydrogen) atoms. The number of methoxy groups -OCH3 is 1. The second kappa shape index (κ2) is 8.72. The molecule has 2 aromatic rings. The predicted octanol–water partition coefficient (Wildman–Crippen LogP) is 3.32. The number of anilines is 2. The van der Waals surface area contributed by atoms with Gasteiger partial charge in [0.25, 0.3) is 0 Å². The zero-order valence-corrected chi connectivity index (χ0v) is 22.2. The molecule has 1 amide bonds. The Bertz CT molecular complexity index is 1190. The van der Waals surface area contributed by atoms with Crippen LogP contribution in [0.25, 0.3) is 0 Å². The zero-order valence-electron chi connectivity index (χ0n) is 22.2. The van der Waals surface area contributed by atoms with Gasteiger partial charge in [-0.25, -0.2) is 5.43 Å². The van der Waals surface area contributed by atoms with Gasteiger partial charge in [0.15, 0.2) is 0 Å². The molecular weight excluding hydrogens is 462 g/mol. The summed E-state index contributed by atoms with van der Waals surface area (Å²) in [5.41, 5.74) is 11.9. The molecule has 6 atom stereocenters. The Morgan fingerprint density at radius 3 is 2.51 bits per heavy atom. The van der Waals surface area contributed by atoms with Crippen molar-refractivity contribution < 1.29 is 9.53 Å². The summed E-state index contributed by atoms with van der Waals surface area (Å²) in [4.78, 5) is 20.2. The molecule has 0 aromatic heterocycles. The number of ether oxygens (including phenoxy) is 1. The summed E-state index contributed by atoms with van der Waals surface area (Å²) in [5, 5.41) is 0. The van der Waals surface area contributed by atoms with Gasteiger partial charge in [-0.15, -0.1) is 0 Å². The summed E-state index contributed by atoms with van der Waals surface area (Å²) >= 11 is 0. The highest BCUT2D eigenvalue weighted by molar-refractivity contribution is 6.10. The molecule has 7 rings (SSSR count). The van der Waals surface area contributed by atoms with Crippen molar-refractivity contribution in [1.82, 2.24) is 15.8 Å². The number of hydrogen-bond donors (Lipinski definition) is 2. The summed E-state index contributed by atoms with van der Waals surface area (Å²) in [7, 11) is 5.83. The highest BCUT2D eigenvalue weighted by Crippen LogP contribution is 2.66. The lowest BCUT2D eigenvalue weighted by molar-refractivity contribution is -0.120. The van der Waals surface area contributed by atoms with E-state index in [2.05, 4.69) is 64.1 Å². The number of nitrogens with one attached hydrogen (secondary N) is 2. The van der Waals surface area contributed by atoms with Crippen molar-refractivity contribution in [3.63, 3.8) is 0 Å². The molecule has 2 aliphatic carbocycles. The van der Waals surface area contributed by atoms with Crippen LogP contribution in [0, 0.1) is 17.8 Å². The molecule has 0 radical (unpaired) electrons. The van der Waals surface area contributed by atoms with E-state index in [1.165, 1.54) is 29.7 Å². The summed E-state index contributed by atoms with van der Waals surface area (Å²) in [6, 6.07) is 16.2. The standard InChI is InChI=1S/C30H39N5O2/c1-33-12-14-35(15-13-33)21-7-4-19(5-8-21)28-23-10-6-20(16-26(23)31-32-28)25-18-30(25)24-17-22(37-3)9-11-27(24)34(2)29(30)36/h4-5,7-9,11,17,20,23,25-26,28,31-32H,6,10,12-16,18H2,1-3H3/t20?,23?,25?,26?,28?,30-/m0/s1. The van der Waals surface area contributed by atoms with Gasteiger partial charge in [-0.3, -0.25) is 10.2 Å². The number of hydrazine groups is 1. The number of benzene rings is 2. The largest absolute Gasteiger partial charge is 0.497 e. The van der Waals surface area contributed by atoms with Gasteiger partial charge in [0.2, 0.25) is 5.91 Å². The second-order valence-electron chi connectivity index (χ2n) is 12.0. The summed E-state index contributed by atoms with van der Waals surface area (Å²) < 4.78 is 5.52. The molecular formula is C30H39N5O2. The number of carbonyl (C=O) groups excluding carboxylic acids is 1. The second-order valence-corrected chi connectivity index (χ2v) is 12.0. The van der Waals surface area contributed by atoms with Crippen molar-refractivity contribution in [2.45, 2.75) is 43.2 Å². The average molecular weight is 502 g/mol. The van der Waals surface area contributed by atoms with Crippen LogP contribution >= 0.6 is 0 Å². The number of rotatable bonds is 4. The lowest BCUT2D eigenvalue weighted by Crippen LogP contribution is -2.44. The van der Waals surface area contributed by atoms with Gasteiger partial charge < -0.3 is 19.4 Å². The Labute approximate surface area is 220 Å². The highest BCUT2D eigenvalue weighted by Gasteiger charge is 2.68. The molecule has 7 heteroatoms. The first-order valence-electron chi connectivity index (χ1n) is 14.0. The summed E-state index contributed by atoms with van der Waals surface area (Å²) in [5.74, 6) is 2.72. The highest BCUT2D eigenvalue weighted by atomic mass is 16.5. The Balaban J connectivity index is 1.04. The molecule has 3 aliphatic heterocycles. The van der Waals surface area contributed by atoms with Crippen LogP contribution in [-0.2, 0) is 10.2 Å². The van der Waals surface area contributed by atoms with E-state index in [1.807, 2.05) is 18.0 Å². The minimum absolute atomic E-state index is 0.277. The van der Waals surface area contributed by atoms with E-state index in [-0.39, 0.29) is 11.3 Å². The molecule has 2 saturated carbocycles. The summed E-state index contributed by atoms with van der Waals surface area (Å²) in [6.07, 6.45) is 4.50. The molecule has 196 valence electrons. The third kappa shape index (κ3) is 3.62. The Morgan fingerprint density at radius 2 is 1.76 bits per heavy atom. The fourth-order valence-electron chi connectivity index (χ4n) is 7.98. The van der Waals surface area contributed by atoms with E-state index < -0.39 is 0 Å². The first kappa shape index (κ1) is 23.5. The minimum Gasteiger partial charge on any atom is -0.497 e. The van der Waals surface area contributed by atoms with Crippen LogP contribution in [0.3, 0.4) is 0 Å². The van der Waals surface area contributed by atoms with Gasteiger partial charge >= 0.3 is 0 Å². The molecule has 1 spiro atoms. The maximum Gasteiger partial charge on any atom is 0.237 e. The van der Waals surface area contributed by atoms with Gasteiger partial charge in [0.05, 0.1) is 18.6 Å². The van der Waals surface area contributed by atoms with Crippen molar-refractivity contribution >= 4 is 17.3 Å². The van der Waals surface area contributed by atoms with Crippen molar-refractivity contribution in [3.8, 4) is 5.75 Å². The number of nitrogens with zero attached hydrogens (tertiary/aromatic N) is 3. The van der Waals surface area contributed by atoms with Crippen molar-refractivity contribution in [2.24, 2.45) is 17.8 Å². The molecule has 7 nitrogen and oxygen atoms in total. The lowest BCUT2D eigenvalue weighted by atomic mass is 9.72. The monoisotopic (exact) mass is 501 g/mol. The van der Waals surface area contributed by atoms with Crippen LogP contribution in [0.15, 0.2) is 42.5 Å². The van der Waals surface area contributed by atoms with Crippen LogP contribution in [0.1, 0.15) is 42.9 Å². The van der Waals surface area contributed by atoms with Crippen molar-refractivity contribution in [3.05, 3.63) is 53.6 Å². The van der Waals surface area contributed by atoms with Crippen molar-refractivity contribution in [2.75, 3.05) is 57.2 Å². The fraction of sp³-hybridized carbons (Fsp3) is 0.567. The number of piperazine rings is 1.